The van der Waals surface area contributed by atoms with Crippen LogP contribution in [0, 0.1) is 11.3 Å². The van der Waals surface area contributed by atoms with Crippen LogP contribution in [0.15, 0.2) is 42.6 Å². The van der Waals surface area contributed by atoms with E-state index in [0.717, 1.165) is 17.5 Å². The molecule has 0 radical (unpaired) electrons. The molecule has 3 rings (SSSR count). The lowest BCUT2D eigenvalue weighted by Gasteiger charge is -2.21. The van der Waals surface area contributed by atoms with E-state index in [-0.39, 0.29) is 11.8 Å². The fraction of sp³-hybridized carbons (Fsp3) is 0.300. The Bertz CT molecular complexity index is 838. The van der Waals surface area contributed by atoms with Crippen LogP contribution in [0.4, 0.5) is 0 Å². The van der Waals surface area contributed by atoms with Crippen LogP contribution in [0.25, 0.3) is 11.1 Å². The van der Waals surface area contributed by atoms with Crippen molar-refractivity contribution in [1.82, 2.24) is 14.8 Å². The standard InChI is InChI=1S/C20H20N4O2/c1-15(25)23-9-2-10-24(12-11-23)20(26)17-5-3-16(4-6-17)18-7-8-19(13-21)22-14-18/h3-8,14H,2,9-12H2,1H3. The molecule has 132 valence electrons. The predicted octanol–water partition coefficient (Wildman–Crippen LogP) is 2.31. The van der Waals surface area contributed by atoms with Crippen molar-refractivity contribution < 1.29 is 9.59 Å². The lowest BCUT2D eigenvalue weighted by molar-refractivity contribution is -0.128. The minimum Gasteiger partial charge on any atom is -0.341 e. The topological polar surface area (TPSA) is 77.3 Å². The number of benzene rings is 1. The number of hydrogen-bond donors (Lipinski definition) is 0. The molecule has 26 heavy (non-hydrogen) atoms. The number of nitriles is 1. The summed E-state index contributed by atoms with van der Waals surface area (Å²) >= 11 is 0. The van der Waals surface area contributed by atoms with Gasteiger partial charge in [0.25, 0.3) is 5.91 Å². The van der Waals surface area contributed by atoms with Crippen LogP contribution in [-0.4, -0.2) is 52.8 Å². The fourth-order valence-corrected chi connectivity index (χ4v) is 3.05. The highest BCUT2D eigenvalue weighted by molar-refractivity contribution is 5.94. The van der Waals surface area contributed by atoms with E-state index in [1.807, 2.05) is 36.4 Å². The molecule has 1 aliphatic heterocycles. The molecular formula is C20H20N4O2. The van der Waals surface area contributed by atoms with E-state index in [1.165, 1.54) is 0 Å². The number of nitrogens with zero attached hydrogens (tertiary/aromatic N) is 4. The van der Waals surface area contributed by atoms with Crippen molar-refractivity contribution in [2.75, 3.05) is 26.2 Å². The van der Waals surface area contributed by atoms with Gasteiger partial charge < -0.3 is 9.80 Å². The molecule has 2 heterocycles. The Morgan fingerprint density at radius 2 is 1.62 bits per heavy atom. The van der Waals surface area contributed by atoms with Crippen LogP contribution >= 0.6 is 0 Å². The maximum absolute atomic E-state index is 12.7. The van der Waals surface area contributed by atoms with E-state index < -0.39 is 0 Å². The van der Waals surface area contributed by atoms with Gasteiger partial charge in [-0.1, -0.05) is 12.1 Å². The van der Waals surface area contributed by atoms with Crippen molar-refractivity contribution in [2.45, 2.75) is 13.3 Å². The Balaban J connectivity index is 1.70. The first-order valence-electron chi connectivity index (χ1n) is 8.60. The molecule has 0 bridgehead atoms. The molecule has 6 heteroatoms. The summed E-state index contributed by atoms with van der Waals surface area (Å²) in [6.07, 6.45) is 2.45. The van der Waals surface area contributed by atoms with Gasteiger partial charge in [0.05, 0.1) is 0 Å². The molecule has 1 fully saturated rings. The first-order chi connectivity index (χ1) is 12.6. The van der Waals surface area contributed by atoms with Gasteiger partial charge >= 0.3 is 0 Å². The third-order valence-electron chi connectivity index (χ3n) is 4.57. The van der Waals surface area contributed by atoms with E-state index in [2.05, 4.69) is 4.98 Å². The summed E-state index contributed by atoms with van der Waals surface area (Å²) in [7, 11) is 0. The third-order valence-corrected chi connectivity index (χ3v) is 4.57. The summed E-state index contributed by atoms with van der Waals surface area (Å²) in [6.45, 7) is 4.05. The van der Waals surface area contributed by atoms with E-state index in [1.54, 1.807) is 29.0 Å². The average molecular weight is 348 g/mol. The second kappa shape index (κ2) is 7.79. The largest absolute Gasteiger partial charge is 0.341 e. The van der Waals surface area contributed by atoms with Crippen molar-refractivity contribution >= 4 is 11.8 Å². The van der Waals surface area contributed by atoms with E-state index in [4.69, 9.17) is 5.26 Å². The monoisotopic (exact) mass is 348 g/mol. The summed E-state index contributed by atoms with van der Waals surface area (Å²) in [6, 6.07) is 12.9. The maximum atomic E-state index is 12.7. The number of hydrogen-bond acceptors (Lipinski definition) is 4. The predicted molar refractivity (Wildman–Crippen MR) is 97.2 cm³/mol. The second-order valence-corrected chi connectivity index (χ2v) is 6.27. The molecule has 0 saturated carbocycles. The van der Waals surface area contributed by atoms with Crippen molar-refractivity contribution in [2.24, 2.45) is 0 Å². The molecule has 0 aliphatic carbocycles. The zero-order valence-corrected chi connectivity index (χ0v) is 14.7. The first-order valence-corrected chi connectivity index (χ1v) is 8.60. The Morgan fingerprint density at radius 1 is 0.962 bits per heavy atom. The van der Waals surface area contributed by atoms with Crippen molar-refractivity contribution in [3.8, 4) is 17.2 Å². The molecule has 1 aliphatic rings. The Hall–Kier alpha value is -3.20. The fourth-order valence-electron chi connectivity index (χ4n) is 3.05. The number of carbonyl (C=O) groups excluding carboxylic acids is 2. The SMILES string of the molecule is CC(=O)N1CCCN(C(=O)c2ccc(-c3ccc(C#N)nc3)cc2)CC1. The quantitative estimate of drug-likeness (QED) is 0.834. The number of amides is 2. The minimum absolute atomic E-state index is 0.0140. The molecule has 1 aromatic heterocycles. The Morgan fingerprint density at radius 3 is 2.23 bits per heavy atom. The van der Waals surface area contributed by atoms with Crippen LogP contribution in [0.2, 0.25) is 0 Å². The van der Waals surface area contributed by atoms with Crippen molar-refractivity contribution in [3.63, 3.8) is 0 Å². The van der Waals surface area contributed by atoms with Gasteiger partial charge in [0.15, 0.2) is 0 Å². The van der Waals surface area contributed by atoms with E-state index >= 15 is 0 Å². The molecule has 1 aromatic carbocycles. The van der Waals surface area contributed by atoms with E-state index in [9.17, 15) is 9.59 Å². The zero-order chi connectivity index (χ0) is 18.5. The lowest BCUT2D eigenvalue weighted by Crippen LogP contribution is -2.36. The molecule has 2 aromatic rings. The lowest BCUT2D eigenvalue weighted by atomic mass is 10.0. The molecule has 0 atom stereocenters. The van der Waals surface area contributed by atoms with Gasteiger partial charge in [0.2, 0.25) is 5.91 Å². The highest BCUT2D eigenvalue weighted by atomic mass is 16.2. The highest BCUT2D eigenvalue weighted by Crippen LogP contribution is 2.20. The molecule has 6 nitrogen and oxygen atoms in total. The molecular weight excluding hydrogens is 328 g/mol. The smallest absolute Gasteiger partial charge is 0.253 e. The number of pyridine rings is 1. The number of aromatic nitrogens is 1. The van der Waals surface area contributed by atoms with Gasteiger partial charge in [-0.3, -0.25) is 9.59 Å². The van der Waals surface area contributed by atoms with Crippen molar-refractivity contribution in [3.05, 3.63) is 53.9 Å². The molecule has 1 saturated heterocycles. The summed E-state index contributed by atoms with van der Waals surface area (Å²) in [5.41, 5.74) is 2.85. The van der Waals surface area contributed by atoms with Crippen LogP contribution in [0.1, 0.15) is 29.4 Å². The maximum Gasteiger partial charge on any atom is 0.253 e. The third kappa shape index (κ3) is 3.89. The van der Waals surface area contributed by atoms with Gasteiger partial charge in [-0.2, -0.15) is 5.26 Å². The molecule has 0 spiro atoms. The van der Waals surface area contributed by atoms with E-state index in [0.29, 0.717) is 37.4 Å². The number of carbonyl (C=O) groups is 2. The summed E-state index contributed by atoms with van der Waals surface area (Å²) in [4.78, 5) is 31.9. The van der Waals surface area contributed by atoms with Crippen LogP contribution in [0.5, 0.6) is 0 Å². The first kappa shape index (κ1) is 17.6. The van der Waals surface area contributed by atoms with Gasteiger partial charge in [-0.05, 0) is 36.2 Å². The summed E-state index contributed by atoms with van der Waals surface area (Å²) in [5.74, 6) is 0.0413. The van der Waals surface area contributed by atoms with Gasteiger partial charge in [-0.25, -0.2) is 4.98 Å². The molecule has 0 unspecified atom stereocenters. The summed E-state index contributed by atoms with van der Waals surface area (Å²) < 4.78 is 0. The minimum atomic E-state index is -0.0140. The Kier molecular flexibility index (Phi) is 5.28. The van der Waals surface area contributed by atoms with Crippen LogP contribution in [-0.2, 0) is 4.79 Å². The van der Waals surface area contributed by atoms with Crippen LogP contribution < -0.4 is 0 Å². The number of rotatable bonds is 2. The molecule has 0 N–H and O–H groups in total. The second-order valence-electron chi connectivity index (χ2n) is 6.27. The Labute approximate surface area is 152 Å². The zero-order valence-electron chi connectivity index (χ0n) is 14.7. The highest BCUT2D eigenvalue weighted by Gasteiger charge is 2.21. The van der Waals surface area contributed by atoms with Crippen LogP contribution in [0.3, 0.4) is 0 Å². The van der Waals surface area contributed by atoms with Crippen molar-refractivity contribution in [1.29, 1.82) is 5.26 Å². The summed E-state index contributed by atoms with van der Waals surface area (Å²) in [5, 5.41) is 8.81. The van der Waals surface area contributed by atoms with Gasteiger partial charge in [-0.15, -0.1) is 0 Å². The van der Waals surface area contributed by atoms with Gasteiger partial charge in [0.1, 0.15) is 11.8 Å². The normalized spacial score (nSPS) is 14.5. The molecule has 2 amide bonds. The average Bonchev–Trinajstić information content (AvgIpc) is 2.94. The van der Waals surface area contributed by atoms with Gasteiger partial charge in [0, 0.05) is 50.4 Å².